The summed E-state index contributed by atoms with van der Waals surface area (Å²) in [5.41, 5.74) is -0.0783. The van der Waals surface area contributed by atoms with Crippen LogP contribution in [0.1, 0.15) is 18.4 Å². The minimum Gasteiger partial charge on any atom is -0.391 e. The van der Waals surface area contributed by atoms with Crippen LogP contribution in [0.4, 0.5) is 8.78 Å². The van der Waals surface area contributed by atoms with Crippen LogP contribution in [0.5, 0.6) is 0 Å². The fraction of sp³-hybridized carbons (Fsp3) is 0.364. The van der Waals surface area contributed by atoms with Crippen molar-refractivity contribution in [3.63, 3.8) is 0 Å². The molecule has 2 nitrogen and oxygen atoms in total. The summed E-state index contributed by atoms with van der Waals surface area (Å²) in [6.07, 6.45) is 3.93. The monoisotopic (exact) mass is 211 g/mol. The van der Waals surface area contributed by atoms with Gasteiger partial charge in [-0.15, -0.1) is 0 Å². The zero-order chi connectivity index (χ0) is 10.7. The smallest absolute Gasteiger partial charge is 0.147 e. The number of rotatable bonds is 4. The Labute approximate surface area is 86.5 Å². The Kier molecular flexibility index (Phi) is 2.94. The molecule has 4 heteroatoms. The Bertz CT molecular complexity index is 355. The molecule has 0 unspecified atom stereocenters. The average Bonchev–Trinajstić information content (AvgIpc) is 3.00. The molecule has 0 amide bonds. The van der Waals surface area contributed by atoms with E-state index < -0.39 is 11.6 Å². The van der Waals surface area contributed by atoms with Gasteiger partial charge in [-0.25, -0.2) is 8.78 Å². The number of nitrogens with zero attached hydrogens (tertiary/aromatic N) is 1. The zero-order valence-corrected chi connectivity index (χ0v) is 8.12. The van der Waals surface area contributed by atoms with E-state index >= 15 is 0 Å². The highest BCUT2D eigenvalue weighted by Gasteiger charge is 2.18. The standard InChI is InChI=1S/C11H11F2NO/c12-10-2-1-3-11(13)9(10)7-15-14-6-8-4-5-8/h1-3,6,8H,4-5,7H2. The molecule has 0 radical (unpaired) electrons. The SMILES string of the molecule is Fc1cccc(F)c1CON=CC1CC1. The fourth-order valence-electron chi connectivity index (χ4n) is 1.15. The van der Waals surface area contributed by atoms with Crippen molar-refractivity contribution in [1.29, 1.82) is 0 Å². The van der Waals surface area contributed by atoms with Crippen LogP contribution in [0.15, 0.2) is 23.4 Å². The minimum atomic E-state index is -0.600. The quantitative estimate of drug-likeness (QED) is 0.554. The average molecular weight is 211 g/mol. The highest BCUT2D eigenvalue weighted by atomic mass is 19.1. The van der Waals surface area contributed by atoms with Gasteiger partial charge in [-0.2, -0.15) is 0 Å². The van der Waals surface area contributed by atoms with Crippen LogP contribution in [0.25, 0.3) is 0 Å². The van der Waals surface area contributed by atoms with Crippen LogP contribution >= 0.6 is 0 Å². The number of oxime groups is 1. The summed E-state index contributed by atoms with van der Waals surface area (Å²) in [6.45, 7) is -0.165. The van der Waals surface area contributed by atoms with Crippen molar-refractivity contribution >= 4 is 6.21 Å². The zero-order valence-electron chi connectivity index (χ0n) is 8.12. The third-order valence-corrected chi connectivity index (χ3v) is 2.24. The molecule has 0 spiro atoms. The summed E-state index contributed by atoms with van der Waals surface area (Å²) in [7, 11) is 0. The largest absolute Gasteiger partial charge is 0.391 e. The molecule has 2 rings (SSSR count). The summed E-state index contributed by atoms with van der Waals surface area (Å²) in [5, 5.41) is 3.65. The molecule has 0 aromatic heterocycles. The van der Waals surface area contributed by atoms with Gasteiger partial charge in [0.2, 0.25) is 0 Å². The molecule has 1 saturated carbocycles. The van der Waals surface area contributed by atoms with Gasteiger partial charge < -0.3 is 4.84 Å². The molecular weight excluding hydrogens is 200 g/mol. The Hall–Kier alpha value is -1.45. The normalized spacial score (nSPS) is 15.9. The highest BCUT2D eigenvalue weighted by Crippen LogP contribution is 2.26. The lowest BCUT2D eigenvalue weighted by Gasteiger charge is -2.02. The summed E-state index contributed by atoms with van der Waals surface area (Å²) < 4.78 is 26.2. The molecule has 1 aromatic rings. The van der Waals surface area contributed by atoms with Crippen molar-refractivity contribution in [1.82, 2.24) is 0 Å². The van der Waals surface area contributed by atoms with Crippen LogP contribution in [0, 0.1) is 17.6 Å². The molecule has 0 atom stereocenters. The van der Waals surface area contributed by atoms with Gasteiger partial charge in [0.05, 0.1) is 5.56 Å². The molecular formula is C11H11F2NO. The molecule has 0 aliphatic heterocycles. The van der Waals surface area contributed by atoms with Crippen LogP contribution in [0.3, 0.4) is 0 Å². The molecule has 0 bridgehead atoms. The van der Waals surface area contributed by atoms with Gasteiger partial charge in [0, 0.05) is 6.21 Å². The first kappa shape index (κ1) is 10.1. The topological polar surface area (TPSA) is 21.6 Å². The van der Waals surface area contributed by atoms with Gasteiger partial charge in [-0.1, -0.05) is 11.2 Å². The second-order valence-electron chi connectivity index (χ2n) is 3.57. The van der Waals surface area contributed by atoms with Crippen molar-refractivity contribution in [2.45, 2.75) is 19.4 Å². The predicted molar refractivity (Wildman–Crippen MR) is 52.4 cm³/mol. The van der Waals surface area contributed by atoms with E-state index in [4.69, 9.17) is 4.84 Å². The van der Waals surface area contributed by atoms with Crippen LogP contribution in [-0.4, -0.2) is 6.21 Å². The molecule has 1 aliphatic rings. The fourth-order valence-corrected chi connectivity index (χ4v) is 1.15. The van der Waals surface area contributed by atoms with Crippen LogP contribution < -0.4 is 0 Å². The van der Waals surface area contributed by atoms with Crippen molar-refractivity contribution in [2.24, 2.45) is 11.1 Å². The summed E-state index contributed by atoms with van der Waals surface area (Å²) >= 11 is 0. The summed E-state index contributed by atoms with van der Waals surface area (Å²) in [4.78, 5) is 4.82. The first-order valence-electron chi connectivity index (χ1n) is 4.85. The van der Waals surface area contributed by atoms with Crippen LogP contribution in [-0.2, 0) is 11.4 Å². The first-order chi connectivity index (χ1) is 7.27. The van der Waals surface area contributed by atoms with Crippen molar-refractivity contribution < 1.29 is 13.6 Å². The maximum atomic E-state index is 13.1. The Balaban J connectivity index is 1.91. The number of halogens is 2. The van der Waals surface area contributed by atoms with E-state index in [0.717, 1.165) is 12.8 Å². The number of hydrogen-bond donors (Lipinski definition) is 0. The van der Waals surface area contributed by atoms with Crippen LogP contribution in [0.2, 0.25) is 0 Å². The predicted octanol–water partition coefficient (Wildman–Crippen LogP) is 2.88. The van der Waals surface area contributed by atoms with E-state index in [2.05, 4.69) is 5.16 Å². The second-order valence-corrected chi connectivity index (χ2v) is 3.57. The molecule has 1 aromatic carbocycles. The van der Waals surface area contributed by atoms with E-state index in [1.807, 2.05) is 0 Å². The third-order valence-electron chi connectivity index (χ3n) is 2.24. The summed E-state index contributed by atoms with van der Waals surface area (Å²) in [5.74, 6) is -0.705. The molecule has 0 saturated heterocycles. The molecule has 1 aliphatic carbocycles. The van der Waals surface area contributed by atoms with E-state index in [1.165, 1.54) is 18.2 Å². The van der Waals surface area contributed by atoms with Gasteiger partial charge in [-0.05, 0) is 30.9 Å². The van der Waals surface area contributed by atoms with Gasteiger partial charge in [0.15, 0.2) is 0 Å². The molecule has 1 fully saturated rings. The Morgan fingerprint density at radius 1 is 1.33 bits per heavy atom. The Morgan fingerprint density at radius 2 is 2.00 bits per heavy atom. The van der Waals surface area contributed by atoms with Gasteiger partial charge in [-0.3, -0.25) is 0 Å². The Morgan fingerprint density at radius 3 is 2.60 bits per heavy atom. The van der Waals surface area contributed by atoms with Gasteiger partial charge in [0.1, 0.15) is 18.2 Å². The van der Waals surface area contributed by atoms with Gasteiger partial charge >= 0.3 is 0 Å². The lowest BCUT2D eigenvalue weighted by Crippen LogP contribution is -1.96. The molecule has 80 valence electrons. The van der Waals surface area contributed by atoms with E-state index in [9.17, 15) is 8.78 Å². The van der Waals surface area contributed by atoms with E-state index in [1.54, 1.807) is 6.21 Å². The van der Waals surface area contributed by atoms with E-state index in [-0.39, 0.29) is 12.2 Å². The van der Waals surface area contributed by atoms with Crippen molar-refractivity contribution in [2.75, 3.05) is 0 Å². The van der Waals surface area contributed by atoms with Crippen molar-refractivity contribution in [3.8, 4) is 0 Å². The lowest BCUT2D eigenvalue weighted by molar-refractivity contribution is 0.126. The second kappa shape index (κ2) is 4.38. The minimum absolute atomic E-state index is 0.0783. The van der Waals surface area contributed by atoms with Crippen molar-refractivity contribution in [3.05, 3.63) is 35.4 Å². The maximum absolute atomic E-state index is 13.1. The maximum Gasteiger partial charge on any atom is 0.147 e. The number of hydrogen-bond acceptors (Lipinski definition) is 2. The highest BCUT2D eigenvalue weighted by molar-refractivity contribution is 5.62. The first-order valence-corrected chi connectivity index (χ1v) is 4.85. The lowest BCUT2D eigenvalue weighted by atomic mass is 10.2. The third kappa shape index (κ3) is 2.75. The van der Waals surface area contributed by atoms with Gasteiger partial charge in [0.25, 0.3) is 0 Å². The molecule has 15 heavy (non-hydrogen) atoms. The molecule has 0 N–H and O–H groups in total. The molecule has 0 heterocycles. The summed E-state index contributed by atoms with van der Waals surface area (Å²) in [6, 6.07) is 3.72. The van der Waals surface area contributed by atoms with E-state index in [0.29, 0.717) is 5.92 Å². The number of benzene rings is 1.